The summed E-state index contributed by atoms with van der Waals surface area (Å²) in [7, 11) is 0. The topological polar surface area (TPSA) is 51.8 Å². The van der Waals surface area contributed by atoms with Crippen LogP contribution >= 0.6 is 0 Å². The van der Waals surface area contributed by atoms with E-state index in [1.807, 2.05) is 12.1 Å². The van der Waals surface area contributed by atoms with Gasteiger partial charge in [0.25, 0.3) is 0 Å². The molecule has 0 spiro atoms. The van der Waals surface area contributed by atoms with Crippen LogP contribution in [0.4, 0.5) is 0 Å². The number of allylic oxidation sites excluding steroid dienone is 1. The van der Waals surface area contributed by atoms with Crippen molar-refractivity contribution >= 4 is 49.6 Å². The Balaban J connectivity index is 1.20. The lowest BCUT2D eigenvalue weighted by Crippen LogP contribution is -2.01. The molecule has 0 atom stereocenters. The molecule has 1 aliphatic carbocycles. The van der Waals surface area contributed by atoms with Crippen molar-refractivity contribution in [2.75, 3.05) is 0 Å². The highest BCUT2D eigenvalue weighted by atomic mass is 16.3. The van der Waals surface area contributed by atoms with Gasteiger partial charge in [-0.25, -0.2) is 15.0 Å². The van der Waals surface area contributed by atoms with Crippen LogP contribution < -0.4 is 0 Å². The molecular formula is C45H29N3O. The lowest BCUT2D eigenvalue weighted by Gasteiger charge is -2.13. The molecule has 0 saturated heterocycles. The zero-order chi connectivity index (χ0) is 32.3. The molecule has 7 aromatic carbocycles. The van der Waals surface area contributed by atoms with Crippen LogP contribution in [0.15, 0.2) is 150 Å². The van der Waals surface area contributed by atoms with Gasteiger partial charge in [-0.2, -0.15) is 0 Å². The lowest BCUT2D eigenvalue weighted by atomic mass is 9.95. The van der Waals surface area contributed by atoms with E-state index in [0.717, 1.165) is 62.4 Å². The average molecular weight is 628 g/mol. The number of aryl methyl sites for hydroxylation is 1. The largest absolute Gasteiger partial charge is 0.456 e. The zero-order valence-electron chi connectivity index (χ0n) is 26.6. The highest BCUT2D eigenvalue weighted by molar-refractivity contribution is 6.13. The Morgan fingerprint density at radius 2 is 1.18 bits per heavy atom. The SMILES string of the molecule is C1=Cc2cc(-c3nc(-c4ccc5ccccc5c4)nc(-c4cccc5oc6ccc(-c7cccc8ccccc78)cc6c45)n3)ccc2CC1. The molecule has 0 amide bonds. The molecule has 0 aliphatic heterocycles. The third-order valence-electron chi connectivity index (χ3n) is 9.76. The monoisotopic (exact) mass is 627 g/mol. The molecule has 0 N–H and O–H groups in total. The fraction of sp³-hybridized carbons (Fsp3) is 0.0444. The van der Waals surface area contributed by atoms with Gasteiger partial charge in [0.2, 0.25) is 0 Å². The van der Waals surface area contributed by atoms with E-state index in [1.165, 1.54) is 32.8 Å². The van der Waals surface area contributed by atoms with Gasteiger partial charge in [0.15, 0.2) is 17.5 Å². The van der Waals surface area contributed by atoms with Crippen LogP contribution in [0.5, 0.6) is 0 Å². The predicted molar refractivity (Wildman–Crippen MR) is 201 cm³/mol. The van der Waals surface area contributed by atoms with Gasteiger partial charge in [0.05, 0.1) is 0 Å². The summed E-state index contributed by atoms with van der Waals surface area (Å²) in [6.45, 7) is 0. The van der Waals surface area contributed by atoms with Crippen LogP contribution in [-0.4, -0.2) is 15.0 Å². The zero-order valence-corrected chi connectivity index (χ0v) is 26.6. The van der Waals surface area contributed by atoms with Crippen LogP contribution in [0.3, 0.4) is 0 Å². The molecule has 4 nitrogen and oxygen atoms in total. The molecule has 0 bridgehead atoms. The first-order valence-electron chi connectivity index (χ1n) is 16.7. The van der Waals surface area contributed by atoms with Gasteiger partial charge >= 0.3 is 0 Å². The van der Waals surface area contributed by atoms with E-state index in [2.05, 4.69) is 140 Å². The first-order valence-corrected chi connectivity index (χ1v) is 16.7. The highest BCUT2D eigenvalue weighted by Gasteiger charge is 2.19. The predicted octanol–water partition coefficient (Wildman–Crippen LogP) is 11.7. The Hall–Kier alpha value is -6.39. The molecule has 9 aromatic rings. The maximum Gasteiger partial charge on any atom is 0.164 e. The summed E-state index contributed by atoms with van der Waals surface area (Å²) in [4.78, 5) is 15.5. The van der Waals surface area contributed by atoms with E-state index in [1.54, 1.807) is 0 Å². The van der Waals surface area contributed by atoms with Crippen molar-refractivity contribution in [2.24, 2.45) is 0 Å². The van der Waals surface area contributed by atoms with Crippen molar-refractivity contribution in [3.05, 3.63) is 157 Å². The smallest absolute Gasteiger partial charge is 0.164 e. The number of hydrogen-bond donors (Lipinski definition) is 0. The summed E-state index contributed by atoms with van der Waals surface area (Å²) >= 11 is 0. The summed E-state index contributed by atoms with van der Waals surface area (Å²) in [5.74, 6) is 1.90. The number of nitrogens with zero attached hydrogens (tertiary/aromatic N) is 3. The minimum Gasteiger partial charge on any atom is -0.456 e. The van der Waals surface area contributed by atoms with Crippen LogP contribution in [0, 0.1) is 0 Å². The van der Waals surface area contributed by atoms with Crippen LogP contribution in [-0.2, 0) is 6.42 Å². The number of benzene rings is 7. The first-order chi connectivity index (χ1) is 24.2. The molecule has 4 heteroatoms. The van der Waals surface area contributed by atoms with E-state index >= 15 is 0 Å². The molecular weight excluding hydrogens is 599 g/mol. The first kappa shape index (κ1) is 27.7. The van der Waals surface area contributed by atoms with Crippen molar-refractivity contribution in [3.63, 3.8) is 0 Å². The summed E-state index contributed by atoms with van der Waals surface area (Å²) in [5, 5.41) is 6.79. The van der Waals surface area contributed by atoms with E-state index < -0.39 is 0 Å². The molecule has 0 fully saturated rings. The molecule has 2 aromatic heterocycles. The summed E-state index contributed by atoms with van der Waals surface area (Å²) < 4.78 is 6.45. The van der Waals surface area contributed by atoms with Gasteiger partial charge in [0.1, 0.15) is 11.2 Å². The number of rotatable bonds is 4. The van der Waals surface area contributed by atoms with Crippen molar-refractivity contribution in [3.8, 4) is 45.3 Å². The molecule has 10 rings (SSSR count). The number of aromatic nitrogens is 3. The second kappa shape index (κ2) is 11.1. The standard InChI is InChI=1S/C45H29N3O/c1-3-12-31-25-34(21-19-28(31)9-1)43-46-44(35-22-20-29-10-2-4-13-32(29)26-35)48-45(47-43)38-17-8-18-41-42(38)39-27-33(23-24-40(39)49-41)37-16-7-14-30-11-5-6-15-36(30)37/h1,3-9,11-27H,2,10H2. The van der Waals surface area contributed by atoms with Gasteiger partial charge in [-0.05, 0) is 87.0 Å². The molecule has 0 unspecified atom stereocenters. The fourth-order valence-electron chi connectivity index (χ4n) is 7.31. The van der Waals surface area contributed by atoms with E-state index in [-0.39, 0.29) is 0 Å². The van der Waals surface area contributed by atoms with Crippen molar-refractivity contribution < 1.29 is 4.42 Å². The second-order valence-corrected chi connectivity index (χ2v) is 12.7. The minimum absolute atomic E-state index is 0.616. The van der Waals surface area contributed by atoms with Crippen molar-refractivity contribution in [1.82, 2.24) is 15.0 Å². The molecule has 2 heterocycles. The number of fused-ring (bicyclic) bond motifs is 6. The van der Waals surface area contributed by atoms with E-state index in [4.69, 9.17) is 19.4 Å². The summed E-state index contributed by atoms with van der Waals surface area (Å²) in [6, 6.07) is 49.0. The second-order valence-electron chi connectivity index (χ2n) is 12.7. The lowest BCUT2D eigenvalue weighted by molar-refractivity contribution is 0.669. The van der Waals surface area contributed by atoms with E-state index in [0.29, 0.717) is 17.5 Å². The molecule has 0 saturated carbocycles. The Morgan fingerprint density at radius 1 is 0.469 bits per heavy atom. The minimum atomic E-state index is 0.616. The summed E-state index contributed by atoms with van der Waals surface area (Å²) in [6.07, 6.45) is 6.57. The highest BCUT2D eigenvalue weighted by Crippen LogP contribution is 2.40. The quantitative estimate of drug-likeness (QED) is 0.195. The number of hydrogen-bond acceptors (Lipinski definition) is 4. The van der Waals surface area contributed by atoms with Crippen LogP contribution in [0.25, 0.3) is 94.8 Å². The van der Waals surface area contributed by atoms with Gasteiger partial charge in [0, 0.05) is 27.5 Å². The molecule has 0 radical (unpaired) electrons. The third-order valence-corrected chi connectivity index (χ3v) is 9.76. The van der Waals surface area contributed by atoms with Crippen LogP contribution in [0.2, 0.25) is 0 Å². The van der Waals surface area contributed by atoms with Gasteiger partial charge < -0.3 is 4.42 Å². The Bertz CT molecular complexity index is 2790. The molecule has 230 valence electrons. The Labute approximate surface area is 283 Å². The maximum absolute atomic E-state index is 6.45. The van der Waals surface area contributed by atoms with Gasteiger partial charge in [-0.3, -0.25) is 0 Å². The van der Waals surface area contributed by atoms with Gasteiger partial charge in [-0.1, -0.05) is 121 Å². The van der Waals surface area contributed by atoms with Crippen molar-refractivity contribution in [1.29, 1.82) is 0 Å². The molecule has 49 heavy (non-hydrogen) atoms. The molecule has 1 aliphatic rings. The summed E-state index contributed by atoms with van der Waals surface area (Å²) in [5.41, 5.74) is 9.37. The fourth-order valence-corrected chi connectivity index (χ4v) is 7.31. The van der Waals surface area contributed by atoms with Crippen LogP contribution in [0.1, 0.15) is 17.5 Å². The van der Waals surface area contributed by atoms with Crippen molar-refractivity contribution in [2.45, 2.75) is 12.8 Å². The Kier molecular flexibility index (Phi) is 6.28. The van der Waals surface area contributed by atoms with Gasteiger partial charge in [-0.15, -0.1) is 0 Å². The average Bonchev–Trinajstić information content (AvgIpc) is 3.55. The number of furan rings is 1. The normalized spacial score (nSPS) is 12.7. The maximum atomic E-state index is 6.45. The van der Waals surface area contributed by atoms with E-state index in [9.17, 15) is 0 Å². The third kappa shape index (κ3) is 4.72. The Morgan fingerprint density at radius 3 is 2.10 bits per heavy atom.